The number of aliphatic hydroxyl groups is 1. The van der Waals surface area contributed by atoms with Crippen LogP contribution in [0.2, 0.25) is 0 Å². The van der Waals surface area contributed by atoms with Crippen molar-refractivity contribution in [1.82, 2.24) is 0 Å². The minimum Gasteiger partial charge on any atom is -0.390 e. The molecule has 0 saturated heterocycles. The van der Waals surface area contributed by atoms with Crippen molar-refractivity contribution in [2.75, 3.05) is 0 Å². The zero-order chi connectivity index (χ0) is 6.04. The molecule has 1 aliphatic carbocycles. The van der Waals surface area contributed by atoms with Crippen LogP contribution in [0.15, 0.2) is 0 Å². The fraction of sp³-hybridized carbons (Fsp3) is 1.00. The molecule has 0 aliphatic heterocycles. The van der Waals surface area contributed by atoms with Crippen LogP contribution < -0.4 is 0 Å². The number of rotatable bonds is 2. The van der Waals surface area contributed by atoms with Crippen LogP contribution >= 0.6 is 0 Å². The lowest BCUT2D eigenvalue weighted by Gasteiger charge is -2.36. The first-order valence-corrected chi connectivity index (χ1v) is 3.49. The van der Waals surface area contributed by atoms with Crippen LogP contribution in [0.5, 0.6) is 0 Å². The van der Waals surface area contributed by atoms with Crippen LogP contribution in [0, 0.1) is 0 Å². The quantitative estimate of drug-likeness (QED) is 0.579. The highest BCUT2D eigenvalue weighted by Gasteiger charge is 2.32. The van der Waals surface area contributed by atoms with E-state index in [1.54, 1.807) is 0 Å². The van der Waals surface area contributed by atoms with Gasteiger partial charge in [0.2, 0.25) is 0 Å². The van der Waals surface area contributed by atoms with Crippen LogP contribution in [0.3, 0.4) is 0 Å². The summed E-state index contributed by atoms with van der Waals surface area (Å²) < 4.78 is 0. The van der Waals surface area contributed by atoms with Gasteiger partial charge in [-0.05, 0) is 25.7 Å². The van der Waals surface area contributed by atoms with Crippen molar-refractivity contribution in [3.63, 3.8) is 0 Å². The maximum absolute atomic E-state index is 9.41. The van der Waals surface area contributed by atoms with E-state index < -0.39 is 0 Å². The van der Waals surface area contributed by atoms with Crippen molar-refractivity contribution in [2.24, 2.45) is 0 Å². The zero-order valence-corrected chi connectivity index (χ0v) is 5.48. The van der Waals surface area contributed by atoms with Gasteiger partial charge >= 0.3 is 0 Å². The monoisotopic (exact) mass is 114 g/mol. The van der Waals surface area contributed by atoms with E-state index in [1.807, 2.05) is 0 Å². The summed E-state index contributed by atoms with van der Waals surface area (Å²) in [7, 11) is 0. The summed E-state index contributed by atoms with van der Waals surface area (Å²) in [6.45, 7) is 2.12. The fourth-order valence-electron chi connectivity index (χ4n) is 1.30. The molecular formula is C7H14O. The molecule has 1 fully saturated rings. The Hall–Kier alpha value is -0.0400. The Kier molecular flexibility index (Phi) is 1.57. The number of hydrogen-bond acceptors (Lipinski definition) is 1. The maximum atomic E-state index is 9.41. The van der Waals surface area contributed by atoms with Crippen LogP contribution in [-0.4, -0.2) is 10.7 Å². The average molecular weight is 114 g/mol. The van der Waals surface area contributed by atoms with E-state index in [0.29, 0.717) is 0 Å². The first-order chi connectivity index (χ1) is 3.77. The van der Waals surface area contributed by atoms with E-state index in [-0.39, 0.29) is 5.60 Å². The average Bonchev–Trinajstić information content (AvgIpc) is 1.64. The van der Waals surface area contributed by atoms with Crippen molar-refractivity contribution in [3.8, 4) is 0 Å². The standard InChI is InChI=1S/C7H14O/c1-2-4-7(8)5-3-6-7/h8H,2-6H2,1H3. The second-order valence-corrected chi connectivity index (χ2v) is 2.83. The first kappa shape index (κ1) is 6.09. The van der Waals surface area contributed by atoms with E-state index in [4.69, 9.17) is 0 Å². The van der Waals surface area contributed by atoms with E-state index >= 15 is 0 Å². The molecule has 1 aliphatic rings. The summed E-state index contributed by atoms with van der Waals surface area (Å²) in [5.41, 5.74) is -0.227. The van der Waals surface area contributed by atoms with E-state index in [0.717, 1.165) is 25.7 Å². The van der Waals surface area contributed by atoms with Gasteiger partial charge in [-0.1, -0.05) is 13.3 Å². The molecule has 0 bridgehead atoms. The lowest BCUT2D eigenvalue weighted by Crippen LogP contribution is -2.36. The smallest absolute Gasteiger partial charge is 0.0647 e. The molecule has 0 spiro atoms. The van der Waals surface area contributed by atoms with Gasteiger partial charge in [0.1, 0.15) is 0 Å². The lowest BCUT2D eigenvalue weighted by molar-refractivity contribution is -0.0405. The van der Waals surface area contributed by atoms with Gasteiger partial charge in [0.15, 0.2) is 0 Å². The van der Waals surface area contributed by atoms with Gasteiger partial charge in [0.25, 0.3) is 0 Å². The molecule has 0 aromatic rings. The normalized spacial score (nSPS) is 24.8. The summed E-state index contributed by atoms with van der Waals surface area (Å²) in [5.74, 6) is 0. The molecule has 0 aromatic heterocycles. The predicted octanol–water partition coefficient (Wildman–Crippen LogP) is 1.70. The third-order valence-electron chi connectivity index (χ3n) is 2.00. The largest absolute Gasteiger partial charge is 0.390 e. The highest BCUT2D eigenvalue weighted by Crippen LogP contribution is 2.35. The summed E-state index contributed by atoms with van der Waals surface area (Å²) in [6, 6.07) is 0. The predicted molar refractivity (Wildman–Crippen MR) is 33.7 cm³/mol. The summed E-state index contributed by atoms with van der Waals surface area (Å²) in [5, 5.41) is 9.41. The Morgan fingerprint density at radius 1 is 1.50 bits per heavy atom. The minimum atomic E-state index is -0.227. The third kappa shape index (κ3) is 1.03. The van der Waals surface area contributed by atoms with Crippen molar-refractivity contribution in [2.45, 2.75) is 44.6 Å². The van der Waals surface area contributed by atoms with Crippen LogP contribution in [0.25, 0.3) is 0 Å². The molecule has 0 atom stereocenters. The molecule has 0 radical (unpaired) electrons. The van der Waals surface area contributed by atoms with Crippen molar-refractivity contribution in [3.05, 3.63) is 0 Å². The highest BCUT2D eigenvalue weighted by molar-refractivity contribution is 4.86. The van der Waals surface area contributed by atoms with Gasteiger partial charge in [0, 0.05) is 0 Å². The summed E-state index contributed by atoms with van der Waals surface area (Å²) in [4.78, 5) is 0. The Morgan fingerprint density at radius 3 is 2.25 bits per heavy atom. The first-order valence-electron chi connectivity index (χ1n) is 3.49. The van der Waals surface area contributed by atoms with Crippen LogP contribution in [0.1, 0.15) is 39.0 Å². The topological polar surface area (TPSA) is 20.2 Å². The minimum absolute atomic E-state index is 0.227. The van der Waals surface area contributed by atoms with Gasteiger partial charge in [-0.2, -0.15) is 0 Å². The van der Waals surface area contributed by atoms with Crippen molar-refractivity contribution >= 4 is 0 Å². The van der Waals surface area contributed by atoms with Crippen molar-refractivity contribution in [1.29, 1.82) is 0 Å². The SMILES string of the molecule is CCCC1(O)CCC1. The Bertz CT molecular complexity index is 74.5. The molecule has 0 amide bonds. The summed E-state index contributed by atoms with van der Waals surface area (Å²) in [6.07, 6.45) is 5.45. The molecule has 1 N–H and O–H groups in total. The molecule has 1 rings (SSSR count). The van der Waals surface area contributed by atoms with Gasteiger partial charge in [0.05, 0.1) is 5.60 Å². The third-order valence-corrected chi connectivity index (χ3v) is 2.00. The van der Waals surface area contributed by atoms with Gasteiger partial charge in [-0.3, -0.25) is 0 Å². The maximum Gasteiger partial charge on any atom is 0.0647 e. The molecule has 48 valence electrons. The molecule has 1 saturated carbocycles. The molecule has 0 heterocycles. The zero-order valence-electron chi connectivity index (χ0n) is 5.48. The van der Waals surface area contributed by atoms with Gasteiger partial charge in [-0.25, -0.2) is 0 Å². The molecule has 0 aromatic carbocycles. The lowest BCUT2D eigenvalue weighted by atomic mass is 9.77. The second-order valence-electron chi connectivity index (χ2n) is 2.83. The Labute approximate surface area is 50.7 Å². The Morgan fingerprint density at radius 2 is 2.12 bits per heavy atom. The fourth-order valence-corrected chi connectivity index (χ4v) is 1.30. The summed E-state index contributed by atoms with van der Waals surface area (Å²) >= 11 is 0. The van der Waals surface area contributed by atoms with Gasteiger partial charge in [-0.15, -0.1) is 0 Å². The molecule has 8 heavy (non-hydrogen) atoms. The van der Waals surface area contributed by atoms with Crippen LogP contribution in [0.4, 0.5) is 0 Å². The molecule has 1 heteroatoms. The second kappa shape index (κ2) is 2.06. The molecule has 0 unspecified atom stereocenters. The van der Waals surface area contributed by atoms with Gasteiger partial charge < -0.3 is 5.11 Å². The van der Waals surface area contributed by atoms with Crippen LogP contribution in [-0.2, 0) is 0 Å². The molecular weight excluding hydrogens is 100 g/mol. The van der Waals surface area contributed by atoms with E-state index in [9.17, 15) is 5.11 Å². The number of hydrogen-bond donors (Lipinski definition) is 1. The molecule has 1 nitrogen and oxygen atoms in total. The van der Waals surface area contributed by atoms with E-state index in [2.05, 4.69) is 6.92 Å². The Balaban J connectivity index is 2.20. The highest BCUT2D eigenvalue weighted by atomic mass is 16.3. The van der Waals surface area contributed by atoms with E-state index in [1.165, 1.54) is 6.42 Å². The van der Waals surface area contributed by atoms with Crippen molar-refractivity contribution < 1.29 is 5.11 Å².